The Balaban J connectivity index is 2.24. The van der Waals surface area contributed by atoms with Gasteiger partial charge in [-0.05, 0) is 40.2 Å². The summed E-state index contributed by atoms with van der Waals surface area (Å²) in [4.78, 5) is 11.9. The molecular formula is C11H9BrN4O. The molecule has 1 amide bonds. The summed E-state index contributed by atoms with van der Waals surface area (Å²) in [5, 5.41) is 10.1. The Morgan fingerprint density at radius 3 is 2.82 bits per heavy atom. The number of aromatic nitrogens is 2. The van der Waals surface area contributed by atoms with Crippen LogP contribution in [0, 0.1) is 0 Å². The number of carbonyl (C=O) groups excluding carboxylic acids is 1. The molecule has 0 spiro atoms. The maximum Gasteiger partial charge on any atom is 0.258 e. The van der Waals surface area contributed by atoms with E-state index in [0.29, 0.717) is 21.5 Å². The van der Waals surface area contributed by atoms with Crippen LogP contribution in [0.25, 0.3) is 0 Å². The fraction of sp³-hybridized carbons (Fsp3) is 0. The third-order valence-electron chi connectivity index (χ3n) is 2.09. The summed E-state index contributed by atoms with van der Waals surface area (Å²) in [5.41, 5.74) is 6.66. The third kappa shape index (κ3) is 2.59. The van der Waals surface area contributed by atoms with Crippen molar-refractivity contribution in [3.05, 3.63) is 46.6 Å². The van der Waals surface area contributed by atoms with E-state index < -0.39 is 0 Å². The molecule has 2 aromatic rings. The van der Waals surface area contributed by atoms with Crippen molar-refractivity contribution in [2.45, 2.75) is 0 Å². The van der Waals surface area contributed by atoms with Gasteiger partial charge in [-0.15, -0.1) is 5.10 Å². The van der Waals surface area contributed by atoms with Gasteiger partial charge in [-0.2, -0.15) is 5.10 Å². The number of nitrogens with one attached hydrogen (secondary N) is 1. The van der Waals surface area contributed by atoms with Crippen molar-refractivity contribution >= 4 is 33.3 Å². The molecule has 0 aliphatic carbocycles. The second kappa shape index (κ2) is 4.92. The molecule has 0 atom stereocenters. The van der Waals surface area contributed by atoms with E-state index in [-0.39, 0.29) is 5.91 Å². The first kappa shape index (κ1) is 11.5. The molecule has 6 heteroatoms. The lowest BCUT2D eigenvalue weighted by molar-refractivity contribution is 0.102. The molecule has 0 aliphatic rings. The number of hydrogen-bond donors (Lipinski definition) is 2. The Morgan fingerprint density at radius 1 is 1.29 bits per heavy atom. The molecule has 0 radical (unpaired) electrons. The number of benzene rings is 1. The van der Waals surface area contributed by atoms with Gasteiger partial charge in [0.25, 0.3) is 5.91 Å². The molecule has 5 nitrogen and oxygen atoms in total. The summed E-state index contributed by atoms with van der Waals surface area (Å²) in [6.07, 6.45) is 1.53. The van der Waals surface area contributed by atoms with Gasteiger partial charge < -0.3 is 11.1 Å². The average molecular weight is 293 g/mol. The molecule has 0 saturated carbocycles. The van der Waals surface area contributed by atoms with Crippen LogP contribution in [0.5, 0.6) is 0 Å². The lowest BCUT2D eigenvalue weighted by Gasteiger charge is -2.06. The largest absolute Gasteiger partial charge is 0.398 e. The van der Waals surface area contributed by atoms with Crippen molar-refractivity contribution in [1.29, 1.82) is 0 Å². The highest BCUT2D eigenvalue weighted by atomic mass is 79.9. The summed E-state index contributed by atoms with van der Waals surface area (Å²) < 4.78 is 0.571. The molecule has 2 rings (SSSR count). The van der Waals surface area contributed by atoms with Crippen molar-refractivity contribution in [3.8, 4) is 0 Å². The predicted molar refractivity (Wildman–Crippen MR) is 68.5 cm³/mol. The second-order valence-electron chi connectivity index (χ2n) is 3.27. The minimum Gasteiger partial charge on any atom is -0.398 e. The van der Waals surface area contributed by atoms with E-state index in [4.69, 9.17) is 5.73 Å². The number of amides is 1. The fourth-order valence-corrected chi connectivity index (χ4v) is 1.72. The predicted octanol–water partition coefficient (Wildman–Crippen LogP) is 2.07. The lowest BCUT2D eigenvalue weighted by atomic mass is 10.2. The van der Waals surface area contributed by atoms with Gasteiger partial charge >= 0.3 is 0 Å². The van der Waals surface area contributed by atoms with Gasteiger partial charge in [0.1, 0.15) is 0 Å². The first-order valence-corrected chi connectivity index (χ1v) is 5.61. The van der Waals surface area contributed by atoms with Crippen LogP contribution in [0.4, 0.5) is 11.5 Å². The van der Waals surface area contributed by atoms with E-state index in [9.17, 15) is 4.79 Å². The Labute approximate surface area is 106 Å². The number of anilines is 2. The van der Waals surface area contributed by atoms with Crippen molar-refractivity contribution in [1.82, 2.24) is 10.2 Å². The van der Waals surface area contributed by atoms with Crippen LogP contribution in [0.2, 0.25) is 0 Å². The summed E-state index contributed by atoms with van der Waals surface area (Å²) in [5.74, 6) is 0.108. The standard InChI is InChI=1S/C11H9BrN4O/c12-10-7(3-1-4-8(10)13)11(17)15-9-5-2-6-14-16-9/h1-6H,13H2,(H,15,16,17). The number of hydrogen-bond acceptors (Lipinski definition) is 4. The summed E-state index contributed by atoms with van der Waals surface area (Å²) in [6, 6.07) is 8.45. The van der Waals surface area contributed by atoms with Crippen LogP contribution >= 0.6 is 15.9 Å². The zero-order valence-corrected chi connectivity index (χ0v) is 10.3. The van der Waals surface area contributed by atoms with Crippen LogP contribution in [0.3, 0.4) is 0 Å². The zero-order valence-electron chi connectivity index (χ0n) is 8.72. The maximum absolute atomic E-state index is 11.9. The topological polar surface area (TPSA) is 80.9 Å². The highest BCUT2D eigenvalue weighted by molar-refractivity contribution is 9.10. The van der Waals surface area contributed by atoms with Crippen molar-refractivity contribution in [3.63, 3.8) is 0 Å². The number of nitrogens with zero attached hydrogens (tertiary/aromatic N) is 2. The van der Waals surface area contributed by atoms with Crippen molar-refractivity contribution in [2.75, 3.05) is 11.1 Å². The average Bonchev–Trinajstić information content (AvgIpc) is 2.34. The quantitative estimate of drug-likeness (QED) is 0.831. The molecular weight excluding hydrogens is 284 g/mol. The molecule has 1 aromatic carbocycles. The van der Waals surface area contributed by atoms with Gasteiger partial charge in [0.05, 0.1) is 10.0 Å². The van der Waals surface area contributed by atoms with E-state index in [1.54, 1.807) is 30.3 Å². The van der Waals surface area contributed by atoms with E-state index in [0.717, 1.165) is 0 Å². The second-order valence-corrected chi connectivity index (χ2v) is 4.06. The number of nitrogens with two attached hydrogens (primary N) is 1. The normalized spacial score (nSPS) is 9.94. The molecule has 3 N–H and O–H groups in total. The van der Waals surface area contributed by atoms with Crippen LogP contribution in [0.1, 0.15) is 10.4 Å². The number of nitrogen functional groups attached to an aromatic ring is 1. The van der Waals surface area contributed by atoms with E-state index in [1.807, 2.05) is 0 Å². The number of carbonyl (C=O) groups is 1. The molecule has 0 fully saturated rings. The molecule has 0 aliphatic heterocycles. The summed E-state index contributed by atoms with van der Waals surface area (Å²) in [6.45, 7) is 0. The van der Waals surface area contributed by atoms with Crippen LogP contribution in [-0.4, -0.2) is 16.1 Å². The smallest absolute Gasteiger partial charge is 0.258 e. The molecule has 1 heterocycles. The molecule has 17 heavy (non-hydrogen) atoms. The third-order valence-corrected chi connectivity index (χ3v) is 2.97. The highest BCUT2D eigenvalue weighted by Crippen LogP contribution is 2.24. The minimum atomic E-state index is -0.287. The summed E-state index contributed by atoms with van der Waals surface area (Å²) >= 11 is 3.27. The number of rotatable bonds is 2. The van der Waals surface area contributed by atoms with Crippen LogP contribution in [-0.2, 0) is 0 Å². The van der Waals surface area contributed by atoms with E-state index >= 15 is 0 Å². The maximum atomic E-state index is 11.9. The Bertz CT molecular complexity index is 544. The first-order valence-electron chi connectivity index (χ1n) is 4.81. The molecule has 86 valence electrons. The summed E-state index contributed by atoms with van der Waals surface area (Å²) in [7, 11) is 0. The van der Waals surface area contributed by atoms with Gasteiger partial charge in [-0.1, -0.05) is 6.07 Å². The van der Waals surface area contributed by atoms with Crippen molar-refractivity contribution in [2.24, 2.45) is 0 Å². The SMILES string of the molecule is Nc1cccc(C(=O)Nc2cccnn2)c1Br. The van der Waals surface area contributed by atoms with Crippen molar-refractivity contribution < 1.29 is 4.79 Å². The Morgan fingerprint density at radius 2 is 2.12 bits per heavy atom. The Hall–Kier alpha value is -1.95. The fourth-order valence-electron chi connectivity index (χ4n) is 1.28. The van der Waals surface area contributed by atoms with E-state index in [2.05, 4.69) is 31.4 Å². The van der Waals surface area contributed by atoms with Gasteiger partial charge in [-0.3, -0.25) is 4.79 Å². The van der Waals surface area contributed by atoms with Gasteiger partial charge in [0, 0.05) is 11.9 Å². The highest BCUT2D eigenvalue weighted by Gasteiger charge is 2.12. The molecule has 0 bridgehead atoms. The molecule has 1 aromatic heterocycles. The number of halogens is 1. The minimum absolute atomic E-state index is 0.287. The van der Waals surface area contributed by atoms with Gasteiger partial charge in [0.15, 0.2) is 5.82 Å². The van der Waals surface area contributed by atoms with Gasteiger partial charge in [-0.25, -0.2) is 0 Å². The first-order chi connectivity index (χ1) is 8.18. The Kier molecular flexibility index (Phi) is 3.34. The molecule has 0 saturated heterocycles. The van der Waals surface area contributed by atoms with Crippen LogP contribution in [0.15, 0.2) is 41.0 Å². The molecule has 0 unspecified atom stereocenters. The monoisotopic (exact) mass is 292 g/mol. The van der Waals surface area contributed by atoms with Crippen LogP contribution < -0.4 is 11.1 Å². The van der Waals surface area contributed by atoms with Gasteiger partial charge in [0.2, 0.25) is 0 Å². The lowest BCUT2D eigenvalue weighted by Crippen LogP contribution is -2.14. The van der Waals surface area contributed by atoms with E-state index in [1.165, 1.54) is 6.20 Å². The zero-order chi connectivity index (χ0) is 12.3.